The fraction of sp³-hybridized carbons (Fsp3) is 0.409. The van der Waals surface area contributed by atoms with E-state index in [1.165, 1.54) is 10.4 Å². The molecular formula is C22H26N4O4S. The molecule has 2 N–H and O–H groups in total. The van der Waals surface area contributed by atoms with E-state index in [4.69, 9.17) is 0 Å². The largest absolute Gasteiger partial charge is 0.350 e. The number of hydrogen-bond donors (Lipinski definition) is 2. The molecule has 4 rings (SSSR count). The summed E-state index contributed by atoms with van der Waals surface area (Å²) in [4.78, 5) is 28.8. The summed E-state index contributed by atoms with van der Waals surface area (Å²) in [5, 5.41) is 5.69. The molecule has 2 aliphatic rings. The number of benzene rings is 1. The number of carbonyl (C=O) groups excluding carboxylic acids is 2. The van der Waals surface area contributed by atoms with Crippen molar-refractivity contribution < 1.29 is 18.0 Å². The Labute approximate surface area is 182 Å². The zero-order valence-electron chi connectivity index (χ0n) is 17.2. The Bertz CT molecular complexity index is 1070. The maximum atomic E-state index is 13.3. The average Bonchev–Trinajstić information content (AvgIpc) is 2.98. The summed E-state index contributed by atoms with van der Waals surface area (Å²) in [7, 11) is -3.73. The molecule has 8 nitrogen and oxygen atoms in total. The van der Waals surface area contributed by atoms with Gasteiger partial charge in [-0.1, -0.05) is 6.07 Å². The summed E-state index contributed by atoms with van der Waals surface area (Å²) in [5.74, 6) is -0.604. The number of carbonyl (C=O) groups is 2. The van der Waals surface area contributed by atoms with Gasteiger partial charge in [0.2, 0.25) is 21.8 Å². The Kier molecular flexibility index (Phi) is 6.33. The van der Waals surface area contributed by atoms with Crippen molar-refractivity contribution in [1.82, 2.24) is 14.6 Å². The monoisotopic (exact) mass is 442 g/mol. The van der Waals surface area contributed by atoms with Crippen LogP contribution in [-0.4, -0.2) is 42.6 Å². The fourth-order valence-electron chi connectivity index (χ4n) is 4.06. The predicted molar refractivity (Wildman–Crippen MR) is 116 cm³/mol. The summed E-state index contributed by atoms with van der Waals surface area (Å²) in [5.41, 5.74) is 2.26. The van der Waals surface area contributed by atoms with Gasteiger partial charge < -0.3 is 10.6 Å². The maximum Gasteiger partial charge on any atom is 0.243 e. The summed E-state index contributed by atoms with van der Waals surface area (Å²) >= 11 is 0. The number of aryl methyl sites for hydroxylation is 1. The third-order valence-electron chi connectivity index (χ3n) is 5.76. The van der Waals surface area contributed by atoms with E-state index in [9.17, 15) is 18.0 Å². The second kappa shape index (κ2) is 9.15. The average molecular weight is 443 g/mol. The van der Waals surface area contributed by atoms with Crippen molar-refractivity contribution in [3.63, 3.8) is 0 Å². The number of nitrogens with one attached hydrogen (secondary N) is 2. The molecule has 1 aromatic carbocycles. The van der Waals surface area contributed by atoms with Gasteiger partial charge in [0.05, 0.1) is 23.1 Å². The van der Waals surface area contributed by atoms with Gasteiger partial charge in [0.15, 0.2) is 0 Å². The quantitative estimate of drug-likeness (QED) is 0.737. The minimum absolute atomic E-state index is 0.0510. The van der Waals surface area contributed by atoms with Gasteiger partial charge in [0.25, 0.3) is 0 Å². The highest BCUT2D eigenvalue weighted by molar-refractivity contribution is 7.89. The van der Waals surface area contributed by atoms with Crippen molar-refractivity contribution in [2.24, 2.45) is 5.92 Å². The van der Waals surface area contributed by atoms with Crippen LogP contribution >= 0.6 is 0 Å². The van der Waals surface area contributed by atoms with E-state index in [1.807, 2.05) is 18.2 Å². The Morgan fingerprint density at radius 3 is 2.87 bits per heavy atom. The number of anilines is 1. The van der Waals surface area contributed by atoms with Crippen LogP contribution in [-0.2, 0) is 32.6 Å². The highest BCUT2D eigenvalue weighted by Gasteiger charge is 2.33. The van der Waals surface area contributed by atoms with E-state index in [0.29, 0.717) is 50.9 Å². The van der Waals surface area contributed by atoms with Gasteiger partial charge in [-0.15, -0.1) is 0 Å². The van der Waals surface area contributed by atoms with Crippen LogP contribution in [0.5, 0.6) is 0 Å². The van der Waals surface area contributed by atoms with Gasteiger partial charge in [-0.2, -0.15) is 4.31 Å². The zero-order chi connectivity index (χ0) is 21.8. The van der Waals surface area contributed by atoms with Crippen molar-refractivity contribution in [1.29, 1.82) is 0 Å². The number of sulfonamides is 1. The van der Waals surface area contributed by atoms with Crippen molar-refractivity contribution in [2.75, 3.05) is 18.4 Å². The van der Waals surface area contributed by atoms with Crippen LogP contribution in [0, 0.1) is 5.92 Å². The zero-order valence-corrected chi connectivity index (χ0v) is 18.0. The Hall–Kier alpha value is -2.78. The van der Waals surface area contributed by atoms with Crippen LogP contribution in [0.3, 0.4) is 0 Å². The van der Waals surface area contributed by atoms with Gasteiger partial charge in [0, 0.05) is 31.4 Å². The van der Waals surface area contributed by atoms with Crippen LogP contribution < -0.4 is 10.6 Å². The molecule has 0 bridgehead atoms. The van der Waals surface area contributed by atoms with Crippen molar-refractivity contribution in [3.05, 3.63) is 53.9 Å². The lowest BCUT2D eigenvalue weighted by atomic mass is 9.99. The molecule has 0 saturated carbocycles. The highest BCUT2D eigenvalue weighted by Crippen LogP contribution is 2.29. The molecule has 2 amide bonds. The third kappa shape index (κ3) is 4.94. The number of aromatic nitrogens is 1. The second-order valence-corrected chi connectivity index (χ2v) is 9.90. The summed E-state index contributed by atoms with van der Waals surface area (Å²) in [6.45, 7) is 0.865. The first kappa shape index (κ1) is 21.5. The molecular weight excluding hydrogens is 416 g/mol. The Balaban J connectivity index is 1.45. The van der Waals surface area contributed by atoms with Gasteiger partial charge in [-0.05, 0) is 61.6 Å². The standard InChI is InChI=1S/C22H26N4O4S/c27-21-8-3-5-16-13-19(9-10-20(16)25-21)31(29,30)26-12-4-6-17(15-26)22(28)24-14-18-7-1-2-11-23-18/h1-2,7,9-11,13,17H,3-6,8,12,14-15H2,(H,24,28)(H,25,27). The van der Waals surface area contributed by atoms with Crippen LogP contribution in [0.25, 0.3) is 0 Å². The lowest BCUT2D eigenvalue weighted by molar-refractivity contribution is -0.126. The molecule has 1 atom stereocenters. The summed E-state index contributed by atoms with van der Waals surface area (Å²) in [6, 6.07) is 10.3. The normalized spacial score (nSPS) is 19.7. The number of rotatable bonds is 5. The van der Waals surface area contributed by atoms with E-state index < -0.39 is 15.9 Å². The molecule has 0 spiro atoms. The molecule has 1 saturated heterocycles. The van der Waals surface area contributed by atoms with Crippen LogP contribution in [0.1, 0.15) is 36.9 Å². The van der Waals surface area contributed by atoms with E-state index in [0.717, 1.165) is 11.3 Å². The fourth-order valence-corrected chi connectivity index (χ4v) is 5.63. The van der Waals surface area contributed by atoms with E-state index in [1.54, 1.807) is 18.3 Å². The smallest absolute Gasteiger partial charge is 0.243 e. The topological polar surface area (TPSA) is 108 Å². The second-order valence-electron chi connectivity index (χ2n) is 7.96. The predicted octanol–water partition coefficient (Wildman–Crippen LogP) is 2.07. The van der Waals surface area contributed by atoms with E-state index in [-0.39, 0.29) is 23.3 Å². The SMILES string of the molecule is O=C1CCCc2cc(S(=O)(=O)N3CCCC(C(=O)NCc4ccccn4)C3)ccc2N1. The van der Waals surface area contributed by atoms with Crippen LogP contribution in [0.4, 0.5) is 5.69 Å². The Morgan fingerprint density at radius 2 is 2.06 bits per heavy atom. The van der Waals surface area contributed by atoms with Gasteiger partial charge in [0.1, 0.15) is 0 Å². The molecule has 31 heavy (non-hydrogen) atoms. The minimum atomic E-state index is -3.73. The lowest BCUT2D eigenvalue weighted by Crippen LogP contribution is -2.45. The van der Waals surface area contributed by atoms with Crippen molar-refractivity contribution >= 4 is 27.5 Å². The van der Waals surface area contributed by atoms with Crippen LogP contribution in [0.15, 0.2) is 47.5 Å². The first-order valence-corrected chi connectivity index (χ1v) is 12.0. The molecule has 2 aromatic rings. The number of hydrogen-bond acceptors (Lipinski definition) is 5. The van der Waals surface area contributed by atoms with Crippen LogP contribution in [0.2, 0.25) is 0 Å². The van der Waals surface area contributed by atoms with Gasteiger partial charge >= 0.3 is 0 Å². The molecule has 1 unspecified atom stereocenters. The van der Waals surface area contributed by atoms with Crippen molar-refractivity contribution in [3.8, 4) is 0 Å². The number of piperidine rings is 1. The molecule has 3 heterocycles. The number of fused-ring (bicyclic) bond motifs is 1. The van der Waals surface area contributed by atoms with Gasteiger partial charge in [-0.3, -0.25) is 14.6 Å². The molecule has 1 fully saturated rings. The number of nitrogens with zero attached hydrogens (tertiary/aromatic N) is 2. The molecule has 9 heteroatoms. The molecule has 2 aliphatic heterocycles. The minimum Gasteiger partial charge on any atom is -0.350 e. The summed E-state index contributed by atoms with van der Waals surface area (Å²) in [6.07, 6.45) is 4.71. The van der Waals surface area contributed by atoms with Gasteiger partial charge in [-0.25, -0.2) is 8.42 Å². The first-order valence-electron chi connectivity index (χ1n) is 10.5. The Morgan fingerprint density at radius 1 is 1.19 bits per heavy atom. The lowest BCUT2D eigenvalue weighted by Gasteiger charge is -2.31. The van der Waals surface area contributed by atoms with E-state index >= 15 is 0 Å². The number of pyridine rings is 1. The first-order chi connectivity index (χ1) is 14.9. The van der Waals surface area contributed by atoms with E-state index in [2.05, 4.69) is 15.6 Å². The highest BCUT2D eigenvalue weighted by atomic mass is 32.2. The molecule has 164 valence electrons. The molecule has 1 aromatic heterocycles. The molecule has 0 aliphatic carbocycles. The molecule has 0 radical (unpaired) electrons. The maximum absolute atomic E-state index is 13.3. The summed E-state index contributed by atoms with van der Waals surface area (Å²) < 4.78 is 27.9. The third-order valence-corrected chi connectivity index (χ3v) is 7.62. The number of amides is 2. The van der Waals surface area contributed by atoms with Crippen molar-refractivity contribution in [2.45, 2.75) is 43.5 Å².